The Hall–Kier alpha value is -1.26. The maximum atomic E-state index is 5.72. The van der Waals surface area contributed by atoms with Gasteiger partial charge >= 0.3 is 0 Å². The van der Waals surface area contributed by atoms with Crippen molar-refractivity contribution in [3.05, 3.63) is 23.8 Å². The van der Waals surface area contributed by atoms with Gasteiger partial charge in [-0.2, -0.15) is 0 Å². The van der Waals surface area contributed by atoms with Crippen molar-refractivity contribution in [2.24, 2.45) is 0 Å². The zero-order valence-corrected chi connectivity index (χ0v) is 11.9. The molecule has 1 aliphatic rings. The van der Waals surface area contributed by atoms with Crippen molar-refractivity contribution in [1.29, 1.82) is 0 Å². The number of nitrogens with one attached hydrogen (secondary N) is 1. The molecule has 0 saturated carbocycles. The van der Waals surface area contributed by atoms with Crippen molar-refractivity contribution in [3.8, 4) is 11.5 Å². The lowest BCUT2D eigenvalue weighted by molar-refractivity contribution is 0.0953. The summed E-state index contributed by atoms with van der Waals surface area (Å²) in [5, 5.41) is 3.36. The topological polar surface area (TPSA) is 39.7 Å². The molecule has 4 heteroatoms. The van der Waals surface area contributed by atoms with Crippen LogP contribution in [-0.2, 0) is 4.74 Å². The molecule has 19 heavy (non-hydrogen) atoms. The zero-order chi connectivity index (χ0) is 13.7. The molecule has 1 heterocycles. The lowest BCUT2D eigenvalue weighted by Gasteiger charge is -2.21. The van der Waals surface area contributed by atoms with Gasteiger partial charge in [0.25, 0.3) is 0 Å². The summed E-state index contributed by atoms with van der Waals surface area (Å²) in [6, 6.07) is 6.26. The van der Waals surface area contributed by atoms with Gasteiger partial charge in [0.15, 0.2) is 0 Å². The number of benzene rings is 1. The van der Waals surface area contributed by atoms with Crippen molar-refractivity contribution in [2.45, 2.75) is 31.4 Å². The number of methoxy groups -OCH3 is 2. The van der Waals surface area contributed by atoms with E-state index in [2.05, 4.69) is 17.4 Å². The molecule has 1 aliphatic heterocycles. The van der Waals surface area contributed by atoms with Crippen LogP contribution in [0.4, 0.5) is 0 Å². The van der Waals surface area contributed by atoms with E-state index in [0.29, 0.717) is 6.10 Å². The van der Waals surface area contributed by atoms with E-state index >= 15 is 0 Å². The molecule has 2 rings (SSSR count). The molecule has 0 bridgehead atoms. The Balaban J connectivity index is 2.15. The van der Waals surface area contributed by atoms with E-state index < -0.39 is 0 Å². The molecule has 106 valence electrons. The predicted octanol–water partition coefficient (Wildman–Crippen LogP) is 2.53. The maximum Gasteiger partial charge on any atom is 0.122 e. The van der Waals surface area contributed by atoms with Gasteiger partial charge in [-0.3, -0.25) is 0 Å². The summed E-state index contributed by atoms with van der Waals surface area (Å²) >= 11 is 0. The van der Waals surface area contributed by atoms with Crippen LogP contribution >= 0.6 is 0 Å². The second-order valence-electron chi connectivity index (χ2n) is 4.86. The van der Waals surface area contributed by atoms with Gasteiger partial charge in [0, 0.05) is 18.7 Å². The third kappa shape index (κ3) is 3.61. The van der Waals surface area contributed by atoms with Gasteiger partial charge in [-0.25, -0.2) is 0 Å². The van der Waals surface area contributed by atoms with Crippen molar-refractivity contribution < 1.29 is 14.2 Å². The fourth-order valence-electron chi connectivity index (χ4n) is 2.54. The number of rotatable bonds is 6. The first-order chi connectivity index (χ1) is 9.26. The van der Waals surface area contributed by atoms with Crippen LogP contribution in [0.2, 0.25) is 0 Å². The van der Waals surface area contributed by atoms with E-state index in [0.717, 1.165) is 30.9 Å². The Kier molecular flexibility index (Phi) is 5.05. The van der Waals surface area contributed by atoms with E-state index in [9.17, 15) is 0 Å². The highest BCUT2D eigenvalue weighted by molar-refractivity contribution is 5.39. The second-order valence-corrected chi connectivity index (χ2v) is 4.86. The summed E-state index contributed by atoms with van der Waals surface area (Å²) in [7, 11) is 5.33. The number of hydrogen-bond donors (Lipinski definition) is 1. The molecule has 4 nitrogen and oxygen atoms in total. The molecule has 1 saturated heterocycles. The number of ether oxygens (including phenoxy) is 3. The molecule has 1 fully saturated rings. The standard InChI is InChI=1S/C15H23NO3/c1-16-15(10-12-5-4-6-19-12)11-7-13(17-2)9-14(8-11)18-3/h7-9,12,15-16H,4-6,10H2,1-3H3. The van der Waals surface area contributed by atoms with E-state index in [1.165, 1.54) is 12.0 Å². The minimum atomic E-state index is 0.257. The van der Waals surface area contributed by atoms with Crippen LogP contribution in [0, 0.1) is 0 Å². The van der Waals surface area contributed by atoms with Crippen LogP contribution in [0.5, 0.6) is 11.5 Å². The predicted molar refractivity (Wildman–Crippen MR) is 74.9 cm³/mol. The fourth-order valence-corrected chi connectivity index (χ4v) is 2.54. The average Bonchev–Trinajstić information content (AvgIpc) is 2.97. The zero-order valence-electron chi connectivity index (χ0n) is 11.9. The SMILES string of the molecule is CNC(CC1CCCO1)c1cc(OC)cc(OC)c1. The molecule has 0 aliphatic carbocycles. The first kappa shape index (κ1) is 14.2. The first-order valence-electron chi connectivity index (χ1n) is 6.78. The summed E-state index contributed by atoms with van der Waals surface area (Å²) in [6.07, 6.45) is 3.66. The van der Waals surface area contributed by atoms with Crippen LogP contribution in [0.1, 0.15) is 30.9 Å². The molecule has 1 aromatic carbocycles. The van der Waals surface area contributed by atoms with Crippen LogP contribution < -0.4 is 14.8 Å². The smallest absolute Gasteiger partial charge is 0.122 e. The van der Waals surface area contributed by atoms with Gasteiger partial charge in [0.2, 0.25) is 0 Å². The molecule has 0 spiro atoms. The summed E-state index contributed by atoms with van der Waals surface area (Å²) in [4.78, 5) is 0. The minimum Gasteiger partial charge on any atom is -0.497 e. The Morgan fingerprint density at radius 2 is 1.95 bits per heavy atom. The second kappa shape index (κ2) is 6.78. The molecule has 1 N–H and O–H groups in total. The van der Waals surface area contributed by atoms with Crippen molar-refractivity contribution in [2.75, 3.05) is 27.9 Å². The summed E-state index contributed by atoms with van der Waals surface area (Å²) in [5.41, 5.74) is 1.18. The highest BCUT2D eigenvalue weighted by Gasteiger charge is 2.21. The van der Waals surface area contributed by atoms with E-state index in [1.807, 2.05) is 13.1 Å². The van der Waals surface area contributed by atoms with Gasteiger partial charge in [-0.15, -0.1) is 0 Å². The van der Waals surface area contributed by atoms with E-state index in [-0.39, 0.29) is 6.04 Å². The molecule has 2 atom stereocenters. The van der Waals surface area contributed by atoms with Gasteiger partial charge in [0.1, 0.15) is 11.5 Å². The average molecular weight is 265 g/mol. The van der Waals surface area contributed by atoms with Gasteiger partial charge in [0.05, 0.1) is 20.3 Å². The Morgan fingerprint density at radius 3 is 2.42 bits per heavy atom. The third-order valence-corrected chi connectivity index (χ3v) is 3.65. The van der Waals surface area contributed by atoms with Crippen molar-refractivity contribution in [3.63, 3.8) is 0 Å². The minimum absolute atomic E-state index is 0.257. The van der Waals surface area contributed by atoms with E-state index in [4.69, 9.17) is 14.2 Å². The third-order valence-electron chi connectivity index (χ3n) is 3.65. The first-order valence-corrected chi connectivity index (χ1v) is 6.78. The Morgan fingerprint density at radius 1 is 1.26 bits per heavy atom. The normalized spacial score (nSPS) is 20.3. The lowest BCUT2D eigenvalue weighted by atomic mass is 9.99. The highest BCUT2D eigenvalue weighted by Crippen LogP contribution is 2.30. The molecule has 0 amide bonds. The molecular weight excluding hydrogens is 242 g/mol. The molecule has 0 aromatic heterocycles. The monoisotopic (exact) mass is 265 g/mol. The van der Waals surface area contributed by atoms with E-state index in [1.54, 1.807) is 14.2 Å². The number of hydrogen-bond acceptors (Lipinski definition) is 4. The summed E-state index contributed by atoms with van der Waals surface area (Å²) < 4.78 is 16.4. The molecule has 0 radical (unpaired) electrons. The quantitative estimate of drug-likeness (QED) is 0.858. The van der Waals surface area contributed by atoms with Crippen molar-refractivity contribution >= 4 is 0 Å². The molecule has 2 unspecified atom stereocenters. The van der Waals surface area contributed by atoms with Crippen LogP contribution in [0.3, 0.4) is 0 Å². The molecular formula is C15H23NO3. The van der Waals surface area contributed by atoms with Crippen molar-refractivity contribution in [1.82, 2.24) is 5.32 Å². The van der Waals surface area contributed by atoms with Gasteiger partial charge < -0.3 is 19.5 Å². The Bertz CT molecular complexity index is 380. The van der Waals surface area contributed by atoms with Gasteiger partial charge in [-0.1, -0.05) is 0 Å². The fraction of sp³-hybridized carbons (Fsp3) is 0.600. The largest absolute Gasteiger partial charge is 0.497 e. The molecule has 1 aromatic rings. The lowest BCUT2D eigenvalue weighted by Crippen LogP contribution is -2.22. The summed E-state index contributed by atoms with van der Waals surface area (Å²) in [6.45, 7) is 0.891. The highest BCUT2D eigenvalue weighted by atomic mass is 16.5. The maximum absolute atomic E-state index is 5.72. The van der Waals surface area contributed by atoms with Crippen LogP contribution in [-0.4, -0.2) is 34.0 Å². The van der Waals surface area contributed by atoms with Crippen LogP contribution in [0.25, 0.3) is 0 Å². The van der Waals surface area contributed by atoms with Crippen LogP contribution in [0.15, 0.2) is 18.2 Å². The Labute approximate surface area is 115 Å². The summed E-state index contributed by atoms with van der Waals surface area (Å²) in [5.74, 6) is 1.64. The van der Waals surface area contributed by atoms with Gasteiger partial charge in [-0.05, 0) is 44.0 Å².